The molecule has 3 aromatic rings. The van der Waals surface area contributed by atoms with Gasteiger partial charge in [0.15, 0.2) is 5.69 Å². The molecule has 0 radical (unpaired) electrons. The quantitative estimate of drug-likeness (QED) is 0.680. The minimum absolute atomic E-state index is 0.0521. The van der Waals surface area contributed by atoms with E-state index in [0.29, 0.717) is 30.8 Å². The van der Waals surface area contributed by atoms with E-state index >= 15 is 0 Å². The highest BCUT2D eigenvalue weighted by molar-refractivity contribution is 5.62. The molecule has 0 atom stereocenters. The predicted molar refractivity (Wildman–Crippen MR) is 89.3 cm³/mol. The number of halogens is 3. The van der Waals surface area contributed by atoms with Gasteiger partial charge in [-0.25, -0.2) is 15.0 Å². The summed E-state index contributed by atoms with van der Waals surface area (Å²) >= 11 is 0. The fraction of sp³-hybridized carbons (Fsp3) is 0.375. The van der Waals surface area contributed by atoms with Gasteiger partial charge in [0, 0.05) is 44.3 Å². The highest BCUT2D eigenvalue weighted by Crippen LogP contribution is 2.31. The SMILES string of the molecule is Cc1nn(C)cc1-c1cc(C(F)(F)F)nc(NCCCn2ccnc2)n1. The molecular weight excluding hydrogens is 347 g/mol. The first kappa shape index (κ1) is 17.9. The molecule has 26 heavy (non-hydrogen) atoms. The molecular formula is C16H18F3N7. The Bertz CT molecular complexity index is 869. The van der Waals surface area contributed by atoms with Gasteiger partial charge in [0.05, 0.1) is 17.7 Å². The molecule has 0 aliphatic carbocycles. The lowest BCUT2D eigenvalue weighted by Crippen LogP contribution is -2.14. The summed E-state index contributed by atoms with van der Waals surface area (Å²) in [6, 6.07) is 0.945. The molecule has 0 bridgehead atoms. The zero-order valence-corrected chi connectivity index (χ0v) is 14.3. The van der Waals surface area contributed by atoms with Gasteiger partial charge in [-0.05, 0) is 19.4 Å². The molecule has 7 nitrogen and oxygen atoms in total. The van der Waals surface area contributed by atoms with Gasteiger partial charge in [-0.2, -0.15) is 18.3 Å². The highest BCUT2D eigenvalue weighted by atomic mass is 19.4. The van der Waals surface area contributed by atoms with Gasteiger partial charge in [-0.15, -0.1) is 0 Å². The minimum Gasteiger partial charge on any atom is -0.354 e. The van der Waals surface area contributed by atoms with Crippen LogP contribution in [0.15, 0.2) is 31.0 Å². The third-order valence-electron chi connectivity index (χ3n) is 3.74. The first-order valence-corrected chi connectivity index (χ1v) is 7.99. The normalized spacial score (nSPS) is 11.7. The van der Waals surface area contributed by atoms with Crippen LogP contribution in [0.4, 0.5) is 19.1 Å². The summed E-state index contributed by atoms with van der Waals surface area (Å²) in [7, 11) is 1.71. The van der Waals surface area contributed by atoms with Crippen LogP contribution < -0.4 is 5.32 Å². The van der Waals surface area contributed by atoms with Crippen LogP contribution in [0.1, 0.15) is 17.8 Å². The molecule has 0 unspecified atom stereocenters. The largest absolute Gasteiger partial charge is 0.433 e. The molecule has 0 saturated heterocycles. The Morgan fingerprint density at radius 3 is 2.65 bits per heavy atom. The number of imidazole rings is 1. The topological polar surface area (TPSA) is 73.5 Å². The van der Waals surface area contributed by atoms with Gasteiger partial charge >= 0.3 is 6.18 Å². The molecule has 0 saturated carbocycles. The maximum atomic E-state index is 13.2. The second kappa shape index (κ2) is 7.14. The number of hydrogen-bond donors (Lipinski definition) is 1. The number of nitrogens with zero attached hydrogens (tertiary/aromatic N) is 6. The molecule has 3 aromatic heterocycles. The van der Waals surface area contributed by atoms with Crippen molar-refractivity contribution in [2.75, 3.05) is 11.9 Å². The van der Waals surface area contributed by atoms with Crippen molar-refractivity contribution in [1.29, 1.82) is 0 Å². The van der Waals surface area contributed by atoms with E-state index < -0.39 is 11.9 Å². The lowest BCUT2D eigenvalue weighted by Gasteiger charge is -2.11. The summed E-state index contributed by atoms with van der Waals surface area (Å²) in [4.78, 5) is 11.8. The van der Waals surface area contributed by atoms with Crippen LogP contribution in [-0.2, 0) is 19.8 Å². The third-order valence-corrected chi connectivity index (χ3v) is 3.74. The number of aromatic nitrogens is 6. The van der Waals surface area contributed by atoms with Crippen molar-refractivity contribution >= 4 is 5.95 Å². The Balaban J connectivity index is 1.80. The van der Waals surface area contributed by atoms with E-state index in [-0.39, 0.29) is 11.6 Å². The highest BCUT2D eigenvalue weighted by Gasteiger charge is 2.34. The maximum Gasteiger partial charge on any atom is 0.433 e. The lowest BCUT2D eigenvalue weighted by molar-refractivity contribution is -0.141. The molecule has 3 heterocycles. The van der Waals surface area contributed by atoms with Crippen LogP contribution in [0.25, 0.3) is 11.3 Å². The van der Waals surface area contributed by atoms with Gasteiger partial charge in [0.2, 0.25) is 5.95 Å². The Morgan fingerprint density at radius 2 is 2.04 bits per heavy atom. The second-order valence-corrected chi connectivity index (χ2v) is 5.84. The van der Waals surface area contributed by atoms with Crippen LogP contribution in [0, 0.1) is 6.92 Å². The smallest absolute Gasteiger partial charge is 0.354 e. The minimum atomic E-state index is -4.55. The van der Waals surface area contributed by atoms with Crippen LogP contribution in [0.3, 0.4) is 0 Å². The van der Waals surface area contributed by atoms with Crippen LogP contribution in [-0.4, -0.2) is 35.8 Å². The lowest BCUT2D eigenvalue weighted by atomic mass is 10.1. The molecule has 0 aliphatic rings. The molecule has 0 aromatic carbocycles. The van der Waals surface area contributed by atoms with Crippen LogP contribution >= 0.6 is 0 Å². The molecule has 0 spiro atoms. The van der Waals surface area contributed by atoms with E-state index in [0.717, 1.165) is 6.07 Å². The first-order chi connectivity index (χ1) is 12.3. The molecule has 10 heteroatoms. The number of anilines is 1. The van der Waals surface area contributed by atoms with Gasteiger partial charge in [-0.1, -0.05) is 0 Å². The Kier molecular flexibility index (Phi) is 4.92. The zero-order chi connectivity index (χ0) is 18.7. The molecule has 1 N–H and O–H groups in total. The summed E-state index contributed by atoms with van der Waals surface area (Å²) in [5.41, 5.74) is 0.352. The number of hydrogen-bond acceptors (Lipinski definition) is 5. The van der Waals surface area contributed by atoms with E-state index in [1.165, 1.54) is 4.68 Å². The Morgan fingerprint density at radius 1 is 1.23 bits per heavy atom. The molecule has 0 amide bonds. The number of alkyl halides is 3. The van der Waals surface area contributed by atoms with Crippen molar-refractivity contribution in [3.63, 3.8) is 0 Å². The number of aryl methyl sites for hydroxylation is 3. The fourth-order valence-electron chi connectivity index (χ4n) is 2.54. The number of nitrogens with one attached hydrogen (secondary N) is 1. The molecule has 138 valence electrons. The van der Waals surface area contributed by atoms with Crippen molar-refractivity contribution in [2.45, 2.75) is 26.1 Å². The number of rotatable bonds is 6. The monoisotopic (exact) mass is 365 g/mol. The van der Waals surface area contributed by atoms with Crippen molar-refractivity contribution in [2.24, 2.45) is 7.05 Å². The second-order valence-electron chi connectivity index (χ2n) is 5.84. The molecule has 0 fully saturated rings. The van der Waals surface area contributed by atoms with Gasteiger partial charge in [0.1, 0.15) is 0 Å². The average molecular weight is 365 g/mol. The van der Waals surface area contributed by atoms with Crippen molar-refractivity contribution in [3.8, 4) is 11.3 Å². The Hall–Kier alpha value is -2.91. The summed E-state index contributed by atoms with van der Waals surface area (Å²) in [6.45, 7) is 2.86. The first-order valence-electron chi connectivity index (χ1n) is 7.99. The average Bonchev–Trinajstić information content (AvgIpc) is 3.20. The van der Waals surface area contributed by atoms with E-state index in [4.69, 9.17) is 0 Å². The van der Waals surface area contributed by atoms with E-state index in [2.05, 4.69) is 25.4 Å². The summed E-state index contributed by atoms with van der Waals surface area (Å²) in [6.07, 6.45) is 2.96. The van der Waals surface area contributed by atoms with Crippen LogP contribution in [0.2, 0.25) is 0 Å². The third kappa shape index (κ3) is 4.19. The van der Waals surface area contributed by atoms with Crippen LogP contribution in [0.5, 0.6) is 0 Å². The van der Waals surface area contributed by atoms with E-state index in [1.54, 1.807) is 32.7 Å². The van der Waals surface area contributed by atoms with Crippen molar-refractivity contribution < 1.29 is 13.2 Å². The Labute approximate surface area is 147 Å². The van der Waals surface area contributed by atoms with Gasteiger partial charge in [-0.3, -0.25) is 4.68 Å². The standard InChI is InChI=1S/C16H18F3N7/c1-11-12(9-25(2)24-11)13-8-14(16(17,18)19)23-15(22-13)21-4-3-6-26-7-5-20-10-26/h5,7-10H,3-4,6H2,1-2H3,(H,21,22,23). The zero-order valence-electron chi connectivity index (χ0n) is 14.3. The maximum absolute atomic E-state index is 13.2. The summed E-state index contributed by atoms with van der Waals surface area (Å²) < 4.78 is 43.0. The van der Waals surface area contributed by atoms with E-state index in [9.17, 15) is 13.2 Å². The predicted octanol–water partition coefficient (Wildman–Crippen LogP) is 2.90. The van der Waals surface area contributed by atoms with Crippen molar-refractivity contribution in [1.82, 2.24) is 29.3 Å². The van der Waals surface area contributed by atoms with Gasteiger partial charge < -0.3 is 9.88 Å². The molecule has 0 aliphatic heterocycles. The van der Waals surface area contributed by atoms with Gasteiger partial charge in [0.25, 0.3) is 0 Å². The summed E-state index contributed by atoms with van der Waals surface area (Å²) in [5, 5.41) is 7.03. The summed E-state index contributed by atoms with van der Waals surface area (Å²) in [5.74, 6) is -0.0521. The van der Waals surface area contributed by atoms with Crippen molar-refractivity contribution in [3.05, 3.63) is 42.4 Å². The molecule has 3 rings (SSSR count). The van der Waals surface area contributed by atoms with E-state index in [1.807, 2.05) is 10.8 Å². The fourth-order valence-corrected chi connectivity index (χ4v) is 2.54.